The number of carbonyl (C=O) groups excluding carboxylic acids is 1. The van der Waals surface area contributed by atoms with Crippen molar-refractivity contribution in [2.24, 2.45) is 0 Å². The molecule has 2 heterocycles. The molecule has 0 aliphatic rings. The van der Waals surface area contributed by atoms with Crippen molar-refractivity contribution in [2.75, 3.05) is 6.61 Å². The lowest BCUT2D eigenvalue weighted by Crippen LogP contribution is -2.06. The van der Waals surface area contributed by atoms with E-state index in [9.17, 15) is 4.79 Å². The number of hydrogen-bond donors (Lipinski definition) is 0. The Bertz CT molecular complexity index is 534. The van der Waals surface area contributed by atoms with Crippen LogP contribution in [-0.2, 0) is 4.74 Å². The Morgan fingerprint density at radius 3 is 3.12 bits per heavy atom. The minimum absolute atomic E-state index is 0.353. The summed E-state index contributed by atoms with van der Waals surface area (Å²) in [7, 11) is 0. The van der Waals surface area contributed by atoms with E-state index in [4.69, 9.17) is 9.26 Å². The third-order valence-corrected chi connectivity index (χ3v) is 2.48. The van der Waals surface area contributed by atoms with Gasteiger partial charge in [-0.15, -0.1) is 0 Å². The second-order valence-corrected chi connectivity index (χ2v) is 3.83. The first-order valence-electron chi connectivity index (χ1n) is 5.61. The third-order valence-electron chi connectivity index (χ3n) is 2.48. The zero-order chi connectivity index (χ0) is 12.3. The van der Waals surface area contributed by atoms with Crippen molar-refractivity contribution in [3.8, 4) is 0 Å². The second kappa shape index (κ2) is 4.95. The molecule has 0 aliphatic carbocycles. The lowest BCUT2D eigenvalue weighted by Gasteiger charge is -2.02. The van der Waals surface area contributed by atoms with E-state index in [0.29, 0.717) is 17.9 Å². The molecular formula is C12H14N2O3. The number of nitrogens with zero attached hydrogens (tertiary/aromatic N) is 2. The Balaban J connectivity index is 2.17. The zero-order valence-corrected chi connectivity index (χ0v) is 9.90. The first-order chi connectivity index (χ1) is 8.22. The molecular weight excluding hydrogens is 220 g/mol. The smallest absolute Gasteiger partial charge is 0.339 e. The van der Waals surface area contributed by atoms with Crippen molar-refractivity contribution in [1.82, 2.24) is 10.1 Å². The highest BCUT2D eigenvalue weighted by atomic mass is 16.5. The maximum absolute atomic E-state index is 11.7. The van der Waals surface area contributed by atoms with Crippen LogP contribution >= 0.6 is 0 Å². The van der Waals surface area contributed by atoms with Crippen LogP contribution in [0.4, 0.5) is 0 Å². The highest BCUT2D eigenvalue weighted by Gasteiger charge is 2.12. The molecule has 0 bridgehead atoms. The van der Waals surface area contributed by atoms with E-state index in [-0.39, 0.29) is 5.97 Å². The van der Waals surface area contributed by atoms with Crippen LogP contribution in [0.5, 0.6) is 0 Å². The summed E-state index contributed by atoms with van der Waals surface area (Å²) in [4.78, 5) is 15.7. The molecule has 2 aromatic rings. The van der Waals surface area contributed by atoms with Crippen LogP contribution in [0.1, 0.15) is 35.8 Å². The molecule has 0 spiro atoms. The van der Waals surface area contributed by atoms with E-state index in [2.05, 4.69) is 10.1 Å². The van der Waals surface area contributed by atoms with Crippen LogP contribution in [0.25, 0.3) is 11.1 Å². The van der Waals surface area contributed by atoms with Crippen LogP contribution < -0.4 is 0 Å². The summed E-state index contributed by atoms with van der Waals surface area (Å²) in [6, 6.07) is 1.70. The van der Waals surface area contributed by atoms with Gasteiger partial charge < -0.3 is 9.26 Å². The average molecular weight is 234 g/mol. The lowest BCUT2D eigenvalue weighted by atomic mass is 10.2. The van der Waals surface area contributed by atoms with Gasteiger partial charge in [-0.05, 0) is 19.4 Å². The van der Waals surface area contributed by atoms with Crippen LogP contribution in [0, 0.1) is 6.92 Å². The van der Waals surface area contributed by atoms with E-state index >= 15 is 0 Å². The molecule has 0 atom stereocenters. The molecule has 5 nitrogen and oxygen atoms in total. The summed E-state index contributed by atoms with van der Waals surface area (Å²) in [6.07, 6.45) is 3.31. The molecule has 0 N–H and O–H groups in total. The molecule has 0 radical (unpaired) electrons. The monoisotopic (exact) mass is 234 g/mol. The van der Waals surface area contributed by atoms with Crippen molar-refractivity contribution in [3.05, 3.63) is 23.5 Å². The minimum Gasteiger partial charge on any atom is -0.462 e. The molecule has 2 aromatic heterocycles. The van der Waals surface area contributed by atoms with Gasteiger partial charge in [0.05, 0.1) is 23.3 Å². The van der Waals surface area contributed by atoms with Crippen molar-refractivity contribution >= 4 is 17.1 Å². The summed E-state index contributed by atoms with van der Waals surface area (Å²) < 4.78 is 10.1. The van der Waals surface area contributed by atoms with Gasteiger partial charge in [-0.3, -0.25) is 0 Å². The molecule has 0 saturated heterocycles. The predicted octanol–water partition coefficient (Wildman–Crippen LogP) is 2.49. The summed E-state index contributed by atoms with van der Waals surface area (Å²) >= 11 is 0. The van der Waals surface area contributed by atoms with E-state index < -0.39 is 0 Å². The number of fused-ring (bicyclic) bond motifs is 1. The number of rotatable bonds is 4. The number of hydrogen-bond acceptors (Lipinski definition) is 5. The molecule has 90 valence electrons. The first kappa shape index (κ1) is 11.6. The van der Waals surface area contributed by atoms with Crippen LogP contribution in [0.2, 0.25) is 0 Å². The lowest BCUT2D eigenvalue weighted by molar-refractivity contribution is 0.0499. The zero-order valence-electron chi connectivity index (χ0n) is 9.90. The van der Waals surface area contributed by atoms with E-state index in [1.165, 1.54) is 6.20 Å². The van der Waals surface area contributed by atoms with Crippen molar-refractivity contribution in [1.29, 1.82) is 0 Å². The summed E-state index contributed by atoms with van der Waals surface area (Å²) in [5.74, 6) is -0.353. The highest BCUT2D eigenvalue weighted by Crippen LogP contribution is 2.17. The van der Waals surface area contributed by atoms with Crippen LogP contribution in [0.15, 0.2) is 16.8 Å². The number of pyridine rings is 1. The number of carbonyl (C=O) groups is 1. The maximum Gasteiger partial charge on any atom is 0.339 e. The standard InChI is InChI=1S/C12H14N2O3/c1-3-4-5-16-12(15)9-6-10-8(2)14-17-11(10)13-7-9/h6-7H,3-5H2,1-2H3. The van der Waals surface area contributed by atoms with Crippen LogP contribution in [0.3, 0.4) is 0 Å². The second-order valence-electron chi connectivity index (χ2n) is 3.83. The van der Waals surface area contributed by atoms with Crippen molar-refractivity contribution in [2.45, 2.75) is 26.7 Å². The molecule has 2 rings (SSSR count). The van der Waals surface area contributed by atoms with Crippen molar-refractivity contribution < 1.29 is 14.1 Å². The highest BCUT2D eigenvalue weighted by molar-refractivity contribution is 5.93. The number of aryl methyl sites for hydroxylation is 1. The topological polar surface area (TPSA) is 65.2 Å². The SMILES string of the molecule is CCCCOC(=O)c1cnc2onc(C)c2c1. The van der Waals surface area contributed by atoms with Gasteiger partial charge in [-0.1, -0.05) is 18.5 Å². The molecule has 0 fully saturated rings. The fourth-order valence-corrected chi connectivity index (χ4v) is 1.45. The van der Waals surface area contributed by atoms with E-state index in [0.717, 1.165) is 23.9 Å². The first-order valence-corrected chi connectivity index (χ1v) is 5.61. The third kappa shape index (κ3) is 2.43. The molecule has 0 amide bonds. The maximum atomic E-state index is 11.7. The molecule has 0 unspecified atom stereocenters. The number of esters is 1. The Hall–Kier alpha value is -1.91. The van der Waals surface area contributed by atoms with E-state index in [1.807, 2.05) is 6.92 Å². The quantitative estimate of drug-likeness (QED) is 0.600. The molecule has 0 aliphatic heterocycles. The Morgan fingerprint density at radius 2 is 2.35 bits per heavy atom. The fourth-order valence-electron chi connectivity index (χ4n) is 1.45. The molecule has 0 saturated carbocycles. The summed E-state index contributed by atoms with van der Waals surface area (Å²) in [5.41, 5.74) is 1.59. The minimum atomic E-state index is -0.353. The van der Waals surface area contributed by atoms with Crippen molar-refractivity contribution in [3.63, 3.8) is 0 Å². The van der Waals surface area contributed by atoms with Gasteiger partial charge in [0.1, 0.15) is 0 Å². The largest absolute Gasteiger partial charge is 0.462 e. The van der Waals surface area contributed by atoms with Gasteiger partial charge in [0, 0.05) is 6.20 Å². The molecule has 0 aromatic carbocycles. The number of ether oxygens (including phenoxy) is 1. The van der Waals surface area contributed by atoms with E-state index in [1.54, 1.807) is 13.0 Å². The summed E-state index contributed by atoms with van der Waals surface area (Å²) in [6.45, 7) is 4.29. The summed E-state index contributed by atoms with van der Waals surface area (Å²) in [5, 5.41) is 4.53. The molecule has 17 heavy (non-hydrogen) atoms. The predicted molar refractivity (Wildman–Crippen MR) is 61.7 cm³/mol. The Kier molecular flexibility index (Phi) is 3.37. The molecule has 5 heteroatoms. The normalized spacial score (nSPS) is 10.7. The van der Waals surface area contributed by atoms with Gasteiger partial charge in [-0.25, -0.2) is 9.78 Å². The number of unbranched alkanes of at least 4 members (excludes halogenated alkanes) is 1. The Labute approximate surface area is 98.8 Å². The van der Waals surface area contributed by atoms with Crippen LogP contribution in [-0.4, -0.2) is 22.7 Å². The van der Waals surface area contributed by atoms with Gasteiger partial charge in [0.15, 0.2) is 0 Å². The fraction of sp³-hybridized carbons (Fsp3) is 0.417. The van der Waals surface area contributed by atoms with Gasteiger partial charge in [0.25, 0.3) is 5.71 Å². The van der Waals surface area contributed by atoms with Gasteiger partial charge >= 0.3 is 5.97 Å². The Morgan fingerprint density at radius 1 is 1.53 bits per heavy atom. The number of aromatic nitrogens is 2. The van der Waals surface area contributed by atoms with Gasteiger partial charge in [-0.2, -0.15) is 0 Å². The van der Waals surface area contributed by atoms with Gasteiger partial charge in [0.2, 0.25) is 0 Å². The average Bonchev–Trinajstić information content (AvgIpc) is 2.71.